The molecule has 0 spiro atoms. The fourth-order valence-electron chi connectivity index (χ4n) is 3.80. The van der Waals surface area contributed by atoms with Crippen LogP contribution in [0.4, 0.5) is 0 Å². The second-order valence-electron chi connectivity index (χ2n) is 7.34. The van der Waals surface area contributed by atoms with E-state index in [0.29, 0.717) is 40.3 Å². The zero-order chi connectivity index (χ0) is 19.5. The van der Waals surface area contributed by atoms with Gasteiger partial charge in [0.25, 0.3) is 5.91 Å². The van der Waals surface area contributed by atoms with Gasteiger partial charge in [0.2, 0.25) is 0 Å². The van der Waals surface area contributed by atoms with Crippen LogP contribution < -0.4 is 16.1 Å². The molecule has 1 saturated heterocycles. The Labute approximate surface area is 175 Å². The second-order valence-corrected chi connectivity index (χ2v) is 7.34. The normalized spacial score (nSPS) is 15.8. The molecule has 2 aromatic carbocycles. The summed E-state index contributed by atoms with van der Waals surface area (Å²) >= 11 is 0. The molecular weight excluding hydrogens is 388 g/mol. The quantitative estimate of drug-likeness (QED) is 0.666. The van der Waals surface area contributed by atoms with Crippen LogP contribution in [0, 0.1) is 12.8 Å². The highest BCUT2D eigenvalue weighted by Crippen LogP contribution is 2.27. The fourth-order valence-corrected chi connectivity index (χ4v) is 3.80. The number of para-hydroxylation sites is 1. The van der Waals surface area contributed by atoms with E-state index in [0.717, 1.165) is 31.5 Å². The van der Waals surface area contributed by atoms with Gasteiger partial charge in [0.05, 0.1) is 10.9 Å². The van der Waals surface area contributed by atoms with Crippen LogP contribution in [-0.4, -0.2) is 25.5 Å². The van der Waals surface area contributed by atoms with Crippen LogP contribution in [0.25, 0.3) is 22.3 Å². The van der Waals surface area contributed by atoms with Crippen LogP contribution in [0.3, 0.4) is 0 Å². The molecule has 4 rings (SSSR count). The number of benzene rings is 2. The summed E-state index contributed by atoms with van der Waals surface area (Å²) in [6.07, 6.45) is 2.10. The van der Waals surface area contributed by atoms with Crippen molar-refractivity contribution in [1.29, 1.82) is 0 Å². The summed E-state index contributed by atoms with van der Waals surface area (Å²) in [7, 11) is 0. The van der Waals surface area contributed by atoms with Gasteiger partial charge in [-0.25, -0.2) is 0 Å². The van der Waals surface area contributed by atoms with Gasteiger partial charge in [-0.3, -0.25) is 9.59 Å². The highest BCUT2D eigenvalue weighted by atomic mass is 35.5. The largest absolute Gasteiger partial charge is 0.455 e. The number of nitrogens with one attached hydrogen (secondary N) is 2. The van der Waals surface area contributed by atoms with E-state index >= 15 is 0 Å². The minimum Gasteiger partial charge on any atom is -0.455 e. The molecule has 0 saturated carbocycles. The van der Waals surface area contributed by atoms with Gasteiger partial charge in [-0.15, -0.1) is 12.4 Å². The van der Waals surface area contributed by atoms with Gasteiger partial charge in [-0.05, 0) is 50.9 Å². The van der Waals surface area contributed by atoms with Crippen LogP contribution in [0.15, 0.2) is 57.7 Å². The van der Waals surface area contributed by atoms with Gasteiger partial charge >= 0.3 is 0 Å². The molecule has 0 bridgehead atoms. The Balaban J connectivity index is 0.00000240. The molecule has 0 radical (unpaired) electrons. The molecule has 1 aromatic heterocycles. The molecule has 2 heterocycles. The lowest BCUT2D eigenvalue weighted by atomic mass is 10.0. The maximum atomic E-state index is 12.9. The Morgan fingerprint density at radius 1 is 1.17 bits per heavy atom. The molecule has 152 valence electrons. The van der Waals surface area contributed by atoms with Crippen molar-refractivity contribution in [3.05, 3.63) is 69.9 Å². The lowest BCUT2D eigenvalue weighted by Gasteiger charge is -2.12. The zero-order valence-corrected chi connectivity index (χ0v) is 17.2. The SMILES string of the molecule is Cc1c(-c2ccccc2)oc2c(C(=O)NCCC3CCNC3)cccc2c1=O.Cl. The molecule has 5 nitrogen and oxygen atoms in total. The summed E-state index contributed by atoms with van der Waals surface area (Å²) < 4.78 is 6.12. The molecule has 0 aliphatic carbocycles. The van der Waals surface area contributed by atoms with Crippen molar-refractivity contribution in [3.63, 3.8) is 0 Å². The van der Waals surface area contributed by atoms with Crippen LogP contribution in [0.5, 0.6) is 0 Å². The number of hydrogen-bond donors (Lipinski definition) is 2. The molecule has 1 aliphatic heterocycles. The van der Waals surface area contributed by atoms with E-state index in [1.165, 1.54) is 0 Å². The van der Waals surface area contributed by atoms with Crippen LogP contribution in [0.2, 0.25) is 0 Å². The lowest BCUT2D eigenvalue weighted by Crippen LogP contribution is -2.27. The minimum atomic E-state index is -0.206. The first-order chi connectivity index (χ1) is 13.6. The summed E-state index contributed by atoms with van der Waals surface area (Å²) in [5.74, 6) is 0.913. The summed E-state index contributed by atoms with van der Waals surface area (Å²) in [4.78, 5) is 25.7. The van der Waals surface area contributed by atoms with Crippen LogP contribution in [-0.2, 0) is 0 Å². The molecule has 1 amide bonds. The van der Waals surface area contributed by atoms with E-state index in [9.17, 15) is 9.59 Å². The van der Waals surface area contributed by atoms with Crippen molar-refractivity contribution in [2.24, 2.45) is 5.92 Å². The Kier molecular flexibility index (Phi) is 6.72. The average molecular weight is 413 g/mol. The van der Waals surface area contributed by atoms with Gasteiger partial charge in [0, 0.05) is 17.7 Å². The first-order valence-electron chi connectivity index (χ1n) is 9.76. The van der Waals surface area contributed by atoms with E-state index in [4.69, 9.17) is 4.42 Å². The number of hydrogen-bond acceptors (Lipinski definition) is 4. The van der Waals surface area contributed by atoms with Crippen molar-refractivity contribution in [2.75, 3.05) is 19.6 Å². The third kappa shape index (κ3) is 4.36. The number of carbonyl (C=O) groups is 1. The number of amides is 1. The Bertz CT molecular complexity index is 1060. The molecule has 1 aliphatic rings. The number of rotatable bonds is 5. The first-order valence-corrected chi connectivity index (χ1v) is 9.76. The average Bonchev–Trinajstić information content (AvgIpc) is 3.24. The van der Waals surface area contributed by atoms with Crippen molar-refractivity contribution >= 4 is 29.3 Å². The molecule has 2 N–H and O–H groups in total. The Morgan fingerprint density at radius 3 is 2.69 bits per heavy atom. The summed E-state index contributed by atoms with van der Waals surface area (Å²) in [5, 5.41) is 6.75. The third-order valence-corrected chi connectivity index (χ3v) is 5.43. The van der Waals surface area contributed by atoms with E-state index < -0.39 is 0 Å². The zero-order valence-electron chi connectivity index (χ0n) is 16.4. The number of fused-ring (bicyclic) bond motifs is 1. The molecule has 1 atom stereocenters. The Hall–Kier alpha value is -2.63. The molecular formula is C23H25ClN2O3. The molecule has 1 unspecified atom stereocenters. The van der Waals surface area contributed by atoms with Crippen LogP contribution in [0.1, 0.15) is 28.8 Å². The highest BCUT2D eigenvalue weighted by Gasteiger charge is 2.19. The predicted octanol–water partition coefficient (Wildman–Crippen LogP) is 3.92. The summed E-state index contributed by atoms with van der Waals surface area (Å²) in [6.45, 7) is 4.44. The summed E-state index contributed by atoms with van der Waals surface area (Å²) in [5.41, 5.74) is 2.01. The molecule has 6 heteroatoms. The van der Waals surface area contributed by atoms with Gasteiger partial charge in [-0.1, -0.05) is 36.4 Å². The minimum absolute atomic E-state index is 0. The van der Waals surface area contributed by atoms with Crippen LogP contribution >= 0.6 is 12.4 Å². The Morgan fingerprint density at radius 2 is 1.97 bits per heavy atom. The van der Waals surface area contributed by atoms with Crippen molar-refractivity contribution in [2.45, 2.75) is 19.8 Å². The summed E-state index contributed by atoms with van der Waals surface area (Å²) in [6, 6.07) is 14.7. The van der Waals surface area contributed by atoms with Crippen molar-refractivity contribution in [3.8, 4) is 11.3 Å². The van der Waals surface area contributed by atoms with Crippen molar-refractivity contribution < 1.29 is 9.21 Å². The van der Waals surface area contributed by atoms with E-state index in [1.54, 1.807) is 25.1 Å². The maximum absolute atomic E-state index is 12.9. The highest BCUT2D eigenvalue weighted by molar-refractivity contribution is 6.05. The van der Waals surface area contributed by atoms with E-state index in [-0.39, 0.29) is 23.7 Å². The first kappa shape index (κ1) is 21.1. The van der Waals surface area contributed by atoms with Gasteiger partial charge in [0.1, 0.15) is 5.76 Å². The second kappa shape index (κ2) is 9.25. The lowest BCUT2D eigenvalue weighted by molar-refractivity contribution is 0.0952. The van der Waals surface area contributed by atoms with Crippen molar-refractivity contribution in [1.82, 2.24) is 10.6 Å². The maximum Gasteiger partial charge on any atom is 0.255 e. The topological polar surface area (TPSA) is 71.3 Å². The number of halogens is 1. The smallest absolute Gasteiger partial charge is 0.255 e. The fraction of sp³-hybridized carbons (Fsp3) is 0.304. The standard InChI is InChI=1S/C23H24N2O3.ClH/c1-15-20(26)18-8-5-9-19(23(27)25-13-11-16-10-12-24-14-16)22(18)28-21(15)17-6-3-2-4-7-17;/h2-9,16,24H,10-14H2,1H3,(H,25,27);1H. The van der Waals surface area contributed by atoms with Gasteiger partial charge < -0.3 is 15.1 Å². The monoisotopic (exact) mass is 412 g/mol. The third-order valence-electron chi connectivity index (χ3n) is 5.43. The molecule has 1 fully saturated rings. The van der Waals surface area contributed by atoms with E-state index in [1.807, 2.05) is 30.3 Å². The van der Waals surface area contributed by atoms with E-state index in [2.05, 4.69) is 10.6 Å². The predicted molar refractivity (Wildman–Crippen MR) is 118 cm³/mol. The number of carbonyl (C=O) groups excluding carboxylic acids is 1. The van der Waals surface area contributed by atoms with Gasteiger partial charge in [0.15, 0.2) is 11.0 Å². The molecule has 3 aromatic rings. The van der Waals surface area contributed by atoms with Gasteiger partial charge in [-0.2, -0.15) is 0 Å². The molecule has 29 heavy (non-hydrogen) atoms.